The molecule has 0 saturated carbocycles. The summed E-state index contributed by atoms with van der Waals surface area (Å²) in [5.41, 5.74) is 8.32. The maximum atomic E-state index is 5.70. The van der Waals surface area contributed by atoms with Crippen molar-refractivity contribution in [2.45, 2.75) is 25.5 Å². The van der Waals surface area contributed by atoms with Crippen LogP contribution in [0.2, 0.25) is 0 Å². The van der Waals surface area contributed by atoms with Gasteiger partial charge in [0.15, 0.2) is 5.58 Å². The van der Waals surface area contributed by atoms with Gasteiger partial charge in [-0.15, -0.1) is 0 Å². The fraction of sp³-hybridized carbons (Fsp3) is 0.417. The van der Waals surface area contributed by atoms with Crippen LogP contribution < -0.4 is 5.73 Å². The average molecular weight is 218 g/mol. The predicted molar refractivity (Wildman–Crippen MR) is 59.8 cm³/mol. The number of fused-ring (bicyclic) bond motifs is 1. The molecule has 1 fully saturated rings. The molecule has 0 amide bonds. The molecule has 16 heavy (non-hydrogen) atoms. The Morgan fingerprint density at radius 2 is 2.38 bits per heavy atom. The lowest BCUT2D eigenvalue weighted by atomic mass is 10.2. The minimum Gasteiger partial charge on any atom is -0.438 e. The summed E-state index contributed by atoms with van der Waals surface area (Å²) in [6.45, 7) is 1.32. The number of benzene rings is 1. The minimum absolute atomic E-state index is 0.0359. The Morgan fingerprint density at radius 1 is 1.44 bits per heavy atom. The second kappa shape index (κ2) is 3.88. The number of oxazole rings is 1. The van der Waals surface area contributed by atoms with Crippen LogP contribution in [0.5, 0.6) is 0 Å². The van der Waals surface area contributed by atoms with E-state index in [2.05, 4.69) is 4.98 Å². The monoisotopic (exact) mass is 218 g/mol. The molecule has 0 bridgehead atoms. The maximum absolute atomic E-state index is 5.70. The number of ether oxygens (including phenoxy) is 1. The van der Waals surface area contributed by atoms with Crippen molar-refractivity contribution in [3.8, 4) is 0 Å². The van der Waals surface area contributed by atoms with E-state index in [0.29, 0.717) is 12.4 Å². The fourth-order valence-electron chi connectivity index (χ4n) is 2.02. The van der Waals surface area contributed by atoms with Gasteiger partial charge in [0, 0.05) is 13.2 Å². The predicted octanol–water partition coefficient (Wildman–Crippen LogP) is 2.14. The summed E-state index contributed by atoms with van der Waals surface area (Å²) in [5, 5.41) is 0. The van der Waals surface area contributed by atoms with Gasteiger partial charge in [0.2, 0.25) is 5.89 Å². The van der Waals surface area contributed by atoms with Gasteiger partial charge in [0.25, 0.3) is 0 Å². The molecule has 1 aliphatic heterocycles. The van der Waals surface area contributed by atoms with Crippen molar-refractivity contribution in [1.82, 2.24) is 4.98 Å². The average Bonchev–Trinajstić information content (AvgIpc) is 2.96. The van der Waals surface area contributed by atoms with Crippen molar-refractivity contribution in [2.24, 2.45) is 5.73 Å². The molecule has 1 aliphatic rings. The molecule has 1 aromatic carbocycles. The lowest BCUT2D eigenvalue weighted by Gasteiger charge is -2.01. The Hall–Kier alpha value is -1.39. The van der Waals surface area contributed by atoms with Crippen LogP contribution in [-0.2, 0) is 11.3 Å². The third-order valence-corrected chi connectivity index (χ3v) is 2.91. The summed E-state index contributed by atoms with van der Waals surface area (Å²) in [6, 6.07) is 5.87. The van der Waals surface area contributed by atoms with E-state index >= 15 is 0 Å². The molecular formula is C12H14N2O2. The van der Waals surface area contributed by atoms with Crippen LogP contribution in [0, 0.1) is 0 Å². The van der Waals surface area contributed by atoms with Crippen molar-refractivity contribution in [3.63, 3.8) is 0 Å². The van der Waals surface area contributed by atoms with Crippen molar-refractivity contribution in [2.75, 3.05) is 6.61 Å². The van der Waals surface area contributed by atoms with Crippen molar-refractivity contribution < 1.29 is 9.15 Å². The zero-order chi connectivity index (χ0) is 11.0. The van der Waals surface area contributed by atoms with E-state index in [1.54, 1.807) is 0 Å². The van der Waals surface area contributed by atoms with E-state index < -0.39 is 0 Å². The summed E-state index contributed by atoms with van der Waals surface area (Å²) in [6.07, 6.45) is 2.11. The topological polar surface area (TPSA) is 61.3 Å². The van der Waals surface area contributed by atoms with Crippen LogP contribution in [0.1, 0.15) is 30.4 Å². The molecule has 2 heterocycles. The van der Waals surface area contributed by atoms with Crippen molar-refractivity contribution in [3.05, 3.63) is 29.7 Å². The van der Waals surface area contributed by atoms with Crippen LogP contribution in [-0.4, -0.2) is 11.6 Å². The third kappa shape index (κ3) is 1.60. The maximum Gasteiger partial charge on any atom is 0.224 e. The van der Waals surface area contributed by atoms with Crippen LogP contribution in [0.25, 0.3) is 11.1 Å². The van der Waals surface area contributed by atoms with E-state index in [4.69, 9.17) is 14.9 Å². The van der Waals surface area contributed by atoms with E-state index in [-0.39, 0.29) is 6.10 Å². The molecule has 0 aliphatic carbocycles. The van der Waals surface area contributed by atoms with Crippen LogP contribution in [0.3, 0.4) is 0 Å². The van der Waals surface area contributed by atoms with Gasteiger partial charge in [-0.3, -0.25) is 0 Å². The highest BCUT2D eigenvalue weighted by molar-refractivity contribution is 5.73. The zero-order valence-corrected chi connectivity index (χ0v) is 8.98. The molecule has 84 valence electrons. The molecule has 0 spiro atoms. The fourth-order valence-corrected chi connectivity index (χ4v) is 2.02. The first-order valence-corrected chi connectivity index (χ1v) is 5.58. The van der Waals surface area contributed by atoms with Crippen molar-refractivity contribution >= 4 is 11.1 Å². The first-order chi connectivity index (χ1) is 7.86. The van der Waals surface area contributed by atoms with Crippen LogP contribution in [0.4, 0.5) is 0 Å². The summed E-state index contributed by atoms with van der Waals surface area (Å²) < 4.78 is 11.2. The molecule has 2 aromatic rings. The lowest BCUT2D eigenvalue weighted by Crippen LogP contribution is -1.94. The van der Waals surface area contributed by atoms with Gasteiger partial charge in [0.1, 0.15) is 11.6 Å². The molecule has 2 N–H and O–H groups in total. The van der Waals surface area contributed by atoms with E-state index in [1.165, 1.54) is 0 Å². The van der Waals surface area contributed by atoms with Crippen LogP contribution in [0.15, 0.2) is 22.6 Å². The molecule has 0 radical (unpaired) electrons. The molecule has 1 unspecified atom stereocenters. The number of hydrogen-bond acceptors (Lipinski definition) is 4. The van der Waals surface area contributed by atoms with E-state index in [0.717, 1.165) is 36.1 Å². The van der Waals surface area contributed by atoms with E-state index in [9.17, 15) is 0 Å². The quantitative estimate of drug-likeness (QED) is 0.838. The van der Waals surface area contributed by atoms with Gasteiger partial charge >= 0.3 is 0 Å². The second-order valence-corrected chi connectivity index (χ2v) is 4.06. The molecule has 3 rings (SSSR count). The highest BCUT2D eigenvalue weighted by atomic mass is 16.5. The molecular weight excluding hydrogens is 204 g/mol. The third-order valence-electron chi connectivity index (χ3n) is 2.91. The summed E-state index contributed by atoms with van der Waals surface area (Å²) in [7, 11) is 0. The van der Waals surface area contributed by atoms with Gasteiger partial charge in [-0.05, 0) is 30.5 Å². The minimum atomic E-state index is 0.0359. The Labute approximate surface area is 93.4 Å². The summed E-state index contributed by atoms with van der Waals surface area (Å²) in [4.78, 5) is 4.44. The standard InChI is InChI=1S/C12H14N2O2/c13-7-8-3-4-9-11(6-8)16-12(14-9)10-2-1-5-15-10/h3-4,6,10H,1-2,5,7,13H2. The number of hydrogen-bond donors (Lipinski definition) is 1. The van der Waals surface area contributed by atoms with Gasteiger partial charge < -0.3 is 14.9 Å². The van der Waals surface area contributed by atoms with Gasteiger partial charge in [0.05, 0.1) is 0 Å². The van der Waals surface area contributed by atoms with Crippen LogP contribution >= 0.6 is 0 Å². The van der Waals surface area contributed by atoms with Gasteiger partial charge in [-0.25, -0.2) is 4.98 Å². The molecule has 4 nitrogen and oxygen atoms in total. The van der Waals surface area contributed by atoms with Gasteiger partial charge in [-0.1, -0.05) is 6.07 Å². The zero-order valence-electron chi connectivity index (χ0n) is 8.98. The van der Waals surface area contributed by atoms with Gasteiger partial charge in [-0.2, -0.15) is 0 Å². The molecule has 4 heteroatoms. The Kier molecular flexibility index (Phi) is 2.38. The number of aromatic nitrogens is 1. The smallest absolute Gasteiger partial charge is 0.224 e. The molecule has 1 atom stereocenters. The Balaban J connectivity index is 2.01. The SMILES string of the molecule is NCc1ccc2nc(C3CCCO3)oc2c1. The lowest BCUT2D eigenvalue weighted by molar-refractivity contribution is 0.0907. The largest absolute Gasteiger partial charge is 0.438 e. The number of nitrogens with zero attached hydrogens (tertiary/aromatic N) is 1. The number of nitrogens with two attached hydrogens (primary N) is 1. The van der Waals surface area contributed by atoms with Crippen molar-refractivity contribution in [1.29, 1.82) is 0 Å². The highest BCUT2D eigenvalue weighted by Gasteiger charge is 2.23. The highest BCUT2D eigenvalue weighted by Crippen LogP contribution is 2.30. The molecule has 1 saturated heterocycles. The first kappa shape index (κ1) is 9.81. The normalized spacial score (nSPS) is 20.7. The second-order valence-electron chi connectivity index (χ2n) is 4.06. The molecule has 1 aromatic heterocycles. The summed E-state index contributed by atoms with van der Waals surface area (Å²) in [5.74, 6) is 0.696. The number of rotatable bonds is 2. The van der Waals surface area contributed by atoms with E-state index in [1.807, 2.05) is 18.2 Å². The Morgan fingerprint density at radius 3 is 3.12 bits per heavy atom. The summed E-state index contributed by atoms with van der Waals surface area (Å²) >= 11 is 0. The first-order valence-electron chi connectivity index (χ1n) is 5.58. The Bertz CT molecular complexity index is 501.